The van der Waals surface area contributed by atoms with Crippen LogP contribution in [-0.4, -0.2) is 27.6 Å². The average Bonchev–Trinajstić information content (AvgIpc) is 3.25. The van der Waals surface area contributed by atoms with Crippen molar-refractivity contribution in [1.82, 2.24) is 15.1 Å². The molecule has 1 atom stereocenters. The number of rotatable bonds is 3. The van der Waals surface area contributed by atoms with Crippen molar-refractivity contribution in [3.05, 3.63) is 59.9 Å². The van der Waals surface area contributed by atoms with Gasteiger partial charge in [0, 0.05) is 42.5 Å². The fourth-order valence-corrected chi connectivity index (χ4v) is 2.94. The number of aromatic nitrogens is 3. The molecule has 1 saturated heterocycles. The first kappa shape index (κ1) is 15.4. The van der Waals surface area contributed by atoms with Crippen molar-refractivity contribution in [2.24, 2.45) is 0 Å². The zero-order chi connectivity index (χ0) is 17.4. The highest BCUT2D eigenvalue weighted by Crippen LogP contribution is 2.32. The third kappa shape index (κ3) is 2.88. The lowest BCUT2D eigenvalue weighted by Gasteiger charge is -2.16. The topological polar surface area (TPSA) is 72.1 Å². The molecule has 6 nitrogen and oxygen atoms in total. The van der Waals surface area contributed by atoms with Crippen LogP contribution in [0.4, 0.5) is 10.1 Å². The van der Waals surface area contributed by atoms with E-state index < -0.39 is 0 Å². The summed E-state index contributed by atoms with van der Waals surface area (Å²) < 4.78 is 18.8. The number of nitrogens with zero attached hydrogens (tertiary/aromatic N) is 4. The lowest BCUT2D eigenvalue weighted by atomic mass is 10.1. The molecule has 1 aliphatic rings. The number of benzene rings is 1. The first-order chi connectivity index (χ1) is 12.1. The molecule has 0 aliphatic carbocycles. The second-order valence-corrected chi connectivity index (χ2v) is 6.03. The molecule has 1 amide bonds. The molecule has 3 heterocycles. The highest BCUT2D eigenvalue weighted by molar-refractivity contribution is 5.96. The minimum absolute atomic E-state index is 0.0359. The van der Waals surface area contributed by atoms with E-state index in [1.807, 2.05) is 0 Å². The van der Waals surface area contributed by atoms with E-state index in [0.717, 1.165) is 5.56 Å². The van der Waals surface area contributed by atoms with Crippen molar-refractivity contribution in [2.45, 2.75) is 19.3 Å². The third-order valence-corrected chi connectivity index (χ3v) is 4.31. The minimum atomic E-state index is -0.285. The van der Waals surface area contributed by atoms with Crippen LogP contribution in [0.3, 0.4) is 0 Å². The number of halogens is 1. The van der Waals surface area contributed by atoms with Crippen molar-refractivity contribution in [3.8, 4) is 11.5 Å². The number of anilines is 1. The Morgan fingerprint density at radius 1 is 1.24 bits per heavy atom. The number of hydrogen-bond acceptors (Lipinski definition) is 5. The molecule has 126 valence electrons. The maximum Gasteiger partial charge on any atom is 0.258 e. The number of amides is 1. The molecule has 0 bridgehead atoms. The molecule has 0 spiro atoms. The van der Waals surface area contributed by atoms with Gasteiger partial charge in [-0.1, -0.05) is 5.16 Å². The summed E-state index contributed by atoms with van der Waals surface area (Å²) in [4.78, 5) is 22.4. The number of hydrogen-bond donors (Lipinski definition) is 0. The normalized spacial score (nSPS) is 17.3. The van der Waals surface area contributed by atoms with Gasteiger partial charge >= 0.3 is 0 Å². The third-order valence-electron chi connectivity index (χ3n) is 4.31. The number of pyridine rings is 1. The van der Waals surface area contributed by atoms with Crippen molar-refractivity contribution in [2.75, 3.05) is 11.4 Å². The summed E-state index contributed by atoms with van der Waals surface area (Å²) in [5, 5.41) is 4.02. The van der Waals surface area contributed by atoms with Gasteiger partial charge < -0.3 is 9.42 Å². The highest BCUT2D eigenvalue weighted by atomic mass is 19.1. The first-order valence-corrected chi connectivity index (χ1v) is 7.92. The summed E-state index contributed by atoms with van der Waals surface area (Å²) >= 11 is 0. The van der Waals surface area contributed by atoms with E-state index in [1.165, 1.54) is 6.07 Å². The Hall–Kier alpha value is -3.09. The van der Waals surface area contributed by atoms with Gasteiger partial charge in [0.1, 0.15) is 5.82 Å². The number of aryl methyl sites for hydroxylation is 1. The summed E-state index contributed by atoms with van der Waals surface area (Å²) in [6.45, 7) is 2.12. The second-order valence-electron chi connectivity index (χ2n) is 6.03. The molecule has 3 aromatic rings. The van der Waals surface area contributed by atoms with Gasteiger partial charge in [-0.25, -0.2) is 4.39 Å². The van der Waals surface area contributed by atoms with Crippen LogP contribution >= 0.6 is 0 Å². The molecule has 2 aromatic heterocycles. The Kier molecular flexibility index (Phi) is 3.76. The van der Waals surface area contributed by atoms with Gasteiger partial charge in [-0.2, -0.15) is 4.98 Å². The van der Waals surface area contributed by atoms with E-state index in [1.54, 1.807) is 48.5 Å². The standard InChI is InChI=1S/C18H15FN4O2/c1-11-8-14(2-3-15(11)19)23-10-13(9-16(23)24)17-21-18(25-22-17)12-4-6-20-7-5-12/h2-8,13H,9-10H2,1H3. The molecule has 7 heteroatoms. The van der Waals surface area contributed by atoms with E-state index >= 15 is 0 Å². The molecule has 4 rings (SSSR count). The van der Waals surface area contributed by atoms with Crippen LogP contribution in [0.15, 0.2) is 47.2 Å². The Morgan fingerprint density at radius 3 is 2.80 bits per heavy atom. The molecule has 25 heavy (non-hydrogen) atoms. The molecular weight excluding hydrogens is 323 g/mol. The van der Waals surface area contributed by atoms with Crippen molar-refractivity contribution >= 4 is 11.6 Å². The van der Waals surface area contributed by atoms with Crippen molar-refractivity contribution in [1.29, 1.82) is 0 Å². The summed E-state index contributed by atoms with van der Waals surface area (Å²) in [6, 6.07) is 8.23. The fraction of sp³-hybridized carbons (Fsp3) is 0.222. The van der Waals surface area contributed by atoms with Crippen molar-refractivity contribution in [3.63, 3.8) is 0 Å². The van der Waals surface area contributed by atoms with Crippen LogP contribution in [0.1, 0.15) is 23.7 Å². The predicted octanol–water partition coefficient (Wildman–Crippen LogP) is 3.10. The number of carbonyl (C=O) groups is 1. The van der Waals surface area contributed by atoms with Gasteiger partial charge in [-0.3, -0.25) is 9.78 Å². The maximum atomic E-state index is 13.4. The van der Waals surface area contributed by atoms with Crippen molar-refractivity contribution < 1.29 is 13.7 Å². The number of carbonyl (C=O) groups excluding carboxylic acids is 1. The molecule has 1 aromatic carbocycles. The molecule has 1 aliphatic heterocycles. The summed E-state index contributed by atoms with van der Waals surface area (Å²) in [7, 11) is 0. The predicted molar refractivity (Wildman–Crippen MR) is 88.4 cm³/mol. The summed E-state index contributed by atoms with van der Waals surface area (Å²) in [5.74, 6) is 0.429. The zero-order valence-corrected chi connectivity index (χ0v) is 13.5. The first-order valence-electron chi connectivity index (χ1n) is 7.92. The largest absolute Gasteiger partial charge is 0.334 e. The summed E-state index contributed by atoms with van der Waals surface area (Å²) in [5.41, 5.74) is 1.97. The Bertz CT molecular complexity index is 926. The molecule has 1 unspecified atom stereocenters. The van der Waals surface area contributed by atoms with E-state index in [2.05, 4.69) is 15.1 Å². The lowest BCUT2D eigenvalue weighted by molar-refractivity contribution is -0.117. The van der Waals surface area contributed by atoms with Gasteiger partial charge in [0.25, 0.3) is 5.89 Å². The van der Waals surface area contributed by atoms with E-state index in [-0.39, 0.29) is 17.6 Å². The van der Waals surface area contributed by atoms with Crippen LogP contribution < -0.4 is 4.90 Å². The van der Waals surface area contributed by atoms with Crippen LogP contribution in [0.5, 0.6) is 0 Å². The molecule has 1 fully saturated rings. The Labute approximate surface area is 143 Å². The van der Waals surface area contributed by atoms with Crippen LogP contribution in [0.2, 0.25) is 0 Å². The second kappa shape index (κ2) is 6.08. The zero-order valence-electron chi connectivity index (χ0n) is 13.5. The van der Waals surface area contributed by atoms with Crippen LogP contribution in [0.25, 0.3) is 11.5 Å². The average molecular weight is 338 g/mol. The summed E-state index contributed by atoms with van der Waals surface area (Å²) in [6.07, 6.45) is 3.60. The Morgan fingerprint density at radius 2 is 2.04 bits per heavy atom. The molecular formula is C18H15FN4O2. The monoisotopic (exact) mass is 338 g/mol. The Balaban J connectivity index is 1.56. The highest BCUT2D eigenvalue weighted by Gasteiger charge is 2.34. The van der Waals surface area contributed by atoms with Gasteiger partial charge in [0.2, 0.25) is 5.91 Å². The maximum absolute atomic E-state index is 13.4. The minimum Gasteiger partial charge on any atom is -0.334 e. The molecule has 0 N–H and O–H groups in total. The van der Waals surface area contributed by atoms with Gasteiger partial charge in [0.15, 0.2) is 5.82 Å². The van der Waals surface area contributed by atoms with Gasteiger partial charge in [-0.05, 0) is 42.8 Å². The van der Waals surface area contributed by atoms with Crippen LogP contribution in [-0.2, 0) is 4.79 Å². The fourth-order valence-electron chi connectivity index (χ4n) is 2.94. The molecule has 0 saturated carbocycles. The lowest BCUT2D eigenvalue weighted by Crippen LogP contribution is -2.24. The van der Waals surface area contributed by atoms with Crippen LogP contribution in [0, 0.1) is 12.7 Å². The quantitative estimate of drug-likeness (QED) is 0.734. The van der Waals surface area contributed by atoms with E-state index in [0.29, 0.717) is 35.9 Å². The molecule has 0 radical (unpaired) electrons. The van der Waals surface area contributed by atoms with Gasteiger partial charge in [-0.15, -0.1) is 0 Å². The van der Waals surface area contributed by atoms with Gasteiger partial charge in [0.05, 0.1) is 0 Å². The SMILES string of the molecule is Cc1cc(N2CC(c3noc(-c4ccncc4)n3)CC2=O)ccc1F. The smallest absolute Gasteiger partial charge is 0.258 e. The van der Waals surface area contributed by atoms with E-state index in [9.17, 15) is 9.18 Å². The van der Waals surface area contributed by atoms with E-state index in [4.69, 9.17) is 4.52 Å².